The number of amides is 1. The molecule has 1 aliphatic heterocycles. The van der Waals surface area contributed by atoms with E-state index in [2.05, 4.69) is 28.4 Å². The van der Waals surface area contributed by atoms with Gasteiger partial charge in [0.05, 0.1) is 0 Å². The topological polar surface area (TPSA) is 102 Å². The molecule has 2 atom stereocenters. The fraction of sp³-hybridized carbons (Fsp3) is 0.310. The van der Waals surface area contributed by atoms with E-state index in [0.717, 1.165) is 44.6 Å². The van der Waals surface area contributed by atoms with Crippen molar-refractivity contribution in [1.82, 2.24) is 15.7 Å². The number of hydrogen-bond acceptors (Lipinski definition) is 5. The minimum atomic E-state index is -5.08. The molecule has 7 nitrogen and oxygen atoms in total. The summed E-state index contributed by atoms with van der Waals surface area (Å²) in [5, 5.41) is 19.5. The van der Waals surface area contributed by atoms with Crippen LogP contribution in [0.3, 0.4) is 0 Å². The zero-order valence-corrected chi connectivity index (χ0v) is 21.4. The van der Waals surface area contributed by atoms with Crippen LogP contribution < -0.4 is 10.8 Å². The summed E-state index contributed by atoms with van der Waals surface area (Å²) in [6, 6.07) is 21.5. The van der Waals surface area contributed by atoms with Gasteiger partial charge in [0.2, 0.25) is 0 Å². The smallest absolute Gasteiger partial charge is 0.475 e. The van der Waals surface area contributed by atoms with Gasteiger partial charge in [-0.1, -0.05) is 42.5 Å². The second-order valence-corrected chi connectivity index (χ2v) is 9.89. The molecule has 3 aromatic rings. The summed E-state index contributed by atoms with van der Waals surface area (Å²) in [4.78, 5) is 22.8. The van der Waals surface area contributed by atoms with Gasteiger partial charge in [0, 0.05) is 43.7 Å². The Bertz CT molecular complexity index is 1330. The van der Waals surface area contributed by atoms with Crippen molar-refractivity contribution in [3.8, 4) is 0 Å². The van der Waals surface area contributed by atoms with Crippen molar-refractivity contribution in [2.24, 2.45) is 0 Å². The molecule has 2 unspecified atom stereocenters. The molecule has 212 valence electrons. The summed E-state index contributed by atoms with van der Waals surface area (Å²) < 4.78 is 44.9. The molecule has 0 spiro atoms. The van der Waals surface area contributed by atoms with Gasteiger partial charge in [-0.05, 0) is 64.9 Å². The first-order chi connectivity index (χ1) is 19.0. The highest BCUT2D eigenvalue weighted by Crippen LogP contribution is 2.41. The summed E-state index contributed by atoms with van der Waals surface area (Å²) in [6.07, 6.45) is -2.95. The predicted molar refractivity (Wildman–Crippen MR) is 138 cm³/mol. The molecule has 40 heavy (non-hydrogen) atoms. The zero-order chi connectivity index (χ0) is 28.9. The lowest BCUT2D eigenvalue weighted by atomic mass is 9.97. The number of alkyl halides is 3. The summed E-state index contributed by atoms with van der Waals surface area (Å²) >= 11 is 0. The van der Waals surface area contributed by atoms with E-state index in [9.17, 15) is 22.4 Å². The second-order valence-electron chi connectivity index (χ2n) is 9.89. The van der Waals surface area contributed by atoms with E-state index in [1.807, 2.05) is 24.3 Å². The van der Waals surface area contributed by atoms with Crippen LogP contribution in [0.25, 0.3) is 0 Å². The summed E-state index contributed by atoms with van der Waals surface area (Å²) in [5.74, 6) is -2.95. The maximum absolute atomic E-state index is 13.1. The first-order valence-electron chi connectivity index (χ1n) is 12.7. The largest absolute Gasteiger partial charge is 0.490 e. The molecule has 1 heterocycles. The quantitative estimate of drug-likeness (QED) is 0.189. The lowest BCUT2D eigenvalue weighted by molar-refractivity contribution is -0.192. The van der Waals surface area contributed by atoms with Crippen molar-refractivity contribution in [2.45, 2.75) is 50.6 Å². The minimum absolute atomic E-state index is 0.182. The van der Waals surface area contributed by atoms with Crippen molar-refractivity contribution >= 4 is 11.9 Å². The Morgan fingerprint density at radius 3 is 2.23 bits per heavy atom. The van der Waals surface area contributed by atoms with Crippen LogP contribution >= 0.6 is 0 Å². The SMILES string of the molecule is O=C(NO)c1ccc(CN2CCc3ccc(CNC4CC4c4ccc(F)cc4)cc3C2)cc1.O=C(O)C(F)(F)F. The molecule has 0 radical (unpaired) electrons. The number of benzene rings is 3. The molecular weight excluding hydrogens is 530 g/mol. The lowest BCUT2D eigenvalue weighted by Gasteiger charge is -2.29. The number of nitrogens with zero attached hydrogens (tertiary/aromatic N) is 1. The van der Waals surface area contributed by atoms with Gasteiger partial charge >= 0.3 is 12.1 Å². The fourth-order valence-corrected chi connectivity index (χ4v) is 4.75. The highest BCUT2D eigenvalue weighted by atomic mass is 19.4. The van der Waals surface area contributed by atoms with Gasteiger partial charge in [0.1, 0.15) is 5.82 Å². The highest BCUT2D eigenvalue weighted by Gasteiger charge is 2.38. The van der Waals surface area contributed by atoms with E-state index in [4.69, 9.17) is 15.1 Å². The number of carboxylic acids is 1. The van der Waals surface area contributed by atoms with E-state index in [1.165, 1.54) is 22.3 Å². The summed E-state index contributed by atoms with van der Waals surface area (Å²) in [7, 11) is 0. The predicted octanol–water partition coefficient (Wildman–Crippen LogP) is 4.78. The van der Waals surface area contributed by atoms with Gasteiger partial charge in [-0.2, -0.15) is 13.2 Å². The van der Waals surface area contributed by atoms with Crippen LogP contribution in [-0.4, -0.2) is 45.9 Å². The minimum Gasteiger partial charge on any atom is -0.475 e. The third-order valence-corrected chi connectivity index (χ3v) is 6.99. The van der Waals surface area contributed by atoms with Crippen molar-refractivity contribution in [2.75, 3.05) is 6.54 Å². The maximum atomic E-state index is 13.1. The molecule has 1 amide bonds. The van der Waals surface area contributed by atoms with Gasteiger partial charge in [0.15, 0.2) is 0 Å². The molecule has 0 saturated heterocycles. The van der Waals surface area contributed by atoms with Crippen LogP contribution in [0, 0.1) is 5.82 Å². The number of carbonyl (C=O) groups excluding carboxylic acids is 1. The number of carbonyl (C=O) groups is 2. The van der Waals surface area contributed by atoms with Crippen molar-refractivity contribution in [3.63, 3.8) is 0 Å². The molecule has 3 aromatic carbocycles. The van der Waals surface area contributed by atoms with Crippen LogP contribution in [0.1, 0.15) is 50.5 Å². The number of nitrogens with one attached hydrogen (secondary N) is 2. The molecule has 4 N–H and O–H groups in total. The molecule has 5 rings (SSSR count). The Morgan fingerprint density at radius 2 is 1.60 bits per heavy atom. The Morgan fingerprint density at radius 1 is 0.950 bits per heavy atom. The van der Waals surface area contributed by atoms with Crippen molar-refractivity contribution < 1.29 is 37.5 Å². The average molecular weight is 560 g/mol. The molecule has 11 heteroatoms. The number of hydrogen-bond donors (Lipinski definition) is 4. The van der Waals surface area contributed by atoms with Gasteiger partial charge in [-0.25, -0.2) is 14.7 Å². The molecule has 1 aliphatic carbocycles. The number of carboxylic acid groups (broad SMARTS) is 1. The van der Waals surface area contributed by atoms with E-state index in [-0.39, 0.29) is 5.82 Å². The van der Waals surface area contributed by atoms with Crippen molar-refractivity contribution in [3.05, 3.63) is 106 Å². The Labute approximate surface area is 228 Å². The molecule has 1 fully saturated rings. The first kappa shape index (κ1) is 29.2. The Kier molecular flexibility index (Phi) is 9.18. The molecular formula is C29H29F4N3O4. The summed E-state index contributed by atoms with van der Waals surface area (Å²) in [6.45, 7) is 3.57. The standard InChI is InChI=1S/C27H28FN3O2.C2HF3O2/c28-24-9-7-21(8-10-24)25-14-26(25)29-15-19-3-4-20-11-12-31(17-23(20)13-19)16-18-1-5-22(6-2-18)27(32)30-33;3-2(4,5)1(6)7/h1-10,13,25-26,29,33H,11-12,14-17H2,(H,30,32);(H,6,7). The van der Waals surface area contributed by atoms with E-state index in [0.29, 0.717) is 17.5 Å². The van der Waals surface area contributed by atoms with Gasteiger partial charge in [-0.3, -0.25) is 14.9 Å². The van der Waals surface area contributed by atoms with Gasteiger partial charge < -0.3 is 10.4 Å². The van der Waals surface area contributed by atoms with Gasteiger partial charge in [0.25, 0.3) is 5.91 Å². The van der Waals surface area contributed by atoms with Crippen LogP contribution in [0.5, 0.6) is 0 Å². The highest BCUT2D eigenvalue weighted by molar-refractivity contribution is 5.93. The number of halogens is 4. The zero-order valence-electron chi connectivity index (χ0n) is 21.4. The van der Waals surface area contributed by atoms with E-state index < -0.39 is 18.1 Å². The monoisotopic (exact) mass is 559 g/mol. The van der Waals surface area contributed by atoms with Crippen LogP contribution in [0.4, 0.5) is 17.6 Å². The maximum Gasteiger partial charge on any atom is 0.490 e. The van der Waals surface area contributed by atoms with E-state index in [1.54, 1.807) is 29.7 Å². The Hall–Kier alpha value is -3.80. The van der Waals surface area contributed by atoms with Gasteiger partial charge in [-0.15, -0.1) is 0 Å². The van der Waals surface area contributed by atoms with Crippen molar-refractivity contribution in [1.29, 1.82) is 0 Å². The molecule has 1 saturated carbocycles. The molecule has 0 bridgehead atoms. The van der Waals surface area contributed by atoms with Crippen LogP contribution in [0.15, 0.2) is 66.7 Å². The Balaban J connectivity index is 0.000000470. The molecule has 2 aliphatic rings. The third kappa shape index (κ3) is 7.87. The molecule has 0 aromatic heterocycles. The number of hydroxylamine groups is 1. The summed E-state index contributed by atoms with van der Waals surface area (Å²) in [5.41, 5.74) is 8.55. The normalized spacial score (nSPS) is 18.2. The van der Waals surface area contributed by atoms with E-state index >= 15 is 0 Å². The number of fused-ring (bicyclic) bond motifs is 1. The third-order valence-electron chi connectivity index (χ3n) is 6.99. The fourth-order valence-electron chi connectivity index (χ4n) is 4.75. The average Bonchev–Trinajstić information content (AvgIpc) is 3.71. The number of aliphatic carboxylic acids is 1. The lowest BCUT2D eigenvalue weighted by Crippen LogP contribution is -2.30. The number of rotatable bonds is 7. The second kappa shape index (κ2) is 12.6. The van der Waals surface area contributed by atoms with Crippen LogP contribution in [-0.2, 0) is 30.8 Å². The first-order valence-corrected chi connectivity index (χ1v) is 12.7. The van der Waals surface area contributed by atoms with Crippen LogP contribution in [0.2, 0.25) is 0 Å².